The number of anilines is 1. The number of benzene rings is 1. The number of halogens is 2. The van der Waals surface area contributed by atoms with Crippen LogP contribution in [-0.2, 0) is 4.74 Å². The van der Waals surface area contributed by atoms with Gasteiger partial charge in [-0.05, 0) is 56.8 Å². The van der Waals surface area contributed by atoms with Crippen molar-refractivity contribution in [1.29, 1.82) is 0 Å². The molecule has 1 unspecified atom stereocenters. The van der Waals surface area contributed by atoms with Crippen molar-refractivity contribution in [3.05, 3.63) is 41.3 Å². The first-order valence-electron chi connectivity index (χ1n) is 11.0. The van der Waals surface area contributed by atoms with E-state index in [1.807, 2.05) is 25.1 Å². The second-order valence-electron chi connectivity index (χ2n) is 8.30. The van der Waals surface area contributed by atoms with E-state index < -0.39 is 11.6 Å². The molecule has 0 spiro atoms. The maximum Gasteiger partial charge on any atom is 0.175 e. The fraction of sp³-hybridized carbons (Fsp3) is 0.417. The van der Waals surface area contributed by atoms with Crippen LogP contribution in [0.25, 0.3) is 27.3 Å². The summed E-state index contributed by atoms with van der Waals surface area (Å²) in [5.41, 5.74) is -0.262. The van der Waals surface area contributed by atoms with Gasteiger partial charge in [0, 0.05) is 24.3 Å². The molecule has 34 heavy (non-hydrogen) atoms. The van der Waals surface area contributed by atoms with Gasteiger partial charge in [0.2, 0.25) is 0 Å². The van der Waals surface area contributed by atoms with Crippen molar-refractivity contribution in [2.45, 2.75) is 12.5 Å². The lowest BCUT2D eigenvalue weighted by molar-refractivity contribution is 0.195. The van der Waals surface area contributed by atoms with Gasteiger partial charge in [0.05, 0.1) is 32.4 Å². The minimum Gasteiger partial charge on any atom is -0.494 e. The van der Waals surface area contributed by atoms with Crippen molar-refractivity contribution in [2.75, 3.05) is 59.9 Å². The number of ether oxygens (including phenoxy) is 3. The molecule has 1 aliphatic rings. The third-order valence-corrected chi connectivity index (χ3v) is 5.61. The predicted octanol–water partition coefficient (Wildman–Crippen LogP) is 4.36. The van der Waals surface area contributed by atoms with E-state index in [1.54, 1.807) is 12.3 Å². The summed E-state index contributed by atoms with van der Waals surface area (Å²) in [4.78, 5) is 11.0. The van der Waals surface area contributed by atoms with Crippen LogP contribution in [-0.4, -0.2) is 75.5 Å². The van der Waals surface area contributed by atoms with Crippen LogP contribution in [0.2, 0.25) is 0 Å². The van der Waals surface area contributed by atoms with Gasteiger partial charge >= 0.3 is 0 Å². The highest BCUT2D eigenvalue weighted by Crippen LogP contribution is 2.40. The number of likely N-dealkylation sites (N-methyl/N-ethyl adjacent to an activating group) is 1. The minimum absolute atomic E-state index is 0.0787. The van der Waals surface area contributed by atoms with Crippen LogP contribution in [0.4, 0.5) is 20.4 Å². The SMILES string of the molecule is COc1cc(OC)c(F)c(-c2cc3cnc(NC4CCOC4)cc3c([N-]CCN(C)C)n2)c1F. The molecule has 0 amide bonds. The molecule has 4 rings (SSSR count). The third kappa shape index (κ3) is 4.97. The molecule has 1 N–H and O–H groups in total. The Morgan fingerprint density at radius 1 is 1.15 bits per heavy atom. The van der Waals surface area contributed by atoms with E-state index in [4.69, 9.17) is 14.2 Å². The van der Waals surface area contributed by atoms with Gasteiger partial charge in [-0.15, -0.1) is 0 Å². The molecule has 1 saturated heterocycles. The Labute approximate surface area is 197 Å². The number of nitrogens with zero attached hydrogens (tertiary/aromatic N) is 4. The number of hydrogen-bond acceptors (Lipinski definition) is 7. The van der Waals surface area contributed by atoms with E-state index in [-0.39, 0.29) is 28.8 Å². The summed E-state index contributed by atoms with van der Waals surface area (Å²) in [5.74, 6) is -0.959. The minimum atomic E-state index is -0.862. The highest BCUT2D eigenvalue weighted by Gasteiger charge is 2.21. The summed E-state index contributed by atoms with van der Waals surface area (Å²) >= 11 is 0. The van der Waals surface area contributed by atoms with E-state index in [0.29, 0.717) is 43.3 Å². The van der Waals surface area contributed by atoms with Gasteiger partial charge in [0.25, 0.3) is 0 Å². The highest BCUT2D eigenvalue weighted by molar-refractivity contribution is 5.96. The summed E-state index contributed by atoms with van der Waals surface area (Å²) in [6.07, 6.45) is 2.55. The second kappa shape index (κ2) is 10.4. The fourth-order valence-electron chi connectivity index (χ4n) is 3.78. The first kappa shape index (κ1) is 23.9. The van der Waals surface area contributed by atoms with Gasteiger partial charge in [-0.25, -0.2) is 13.8 Å². The van der Waals surface area contributed by atoms with Crippen LogP contribution >= 0.6 is 0 Å². The molecule has 3 heterocycles. The molecule has 0 bridgehead atoms. The average molecular weight is 473 g/mol. The number of nitrogens with one attached hydrogen (secondary N) is 1. The van der Waals surface area contributed by atoms with Crippen molar-refractivity contribution >= 4 is 22.4 Å². The van der Waals surface area contributed by atoms with Crippen molar-refractivity contribution in [2.24, 2.45) is 0 Å². The summed E-state index contributed by atoms with van der Waals surface area (Å²) in [6.45, 7) is 2.49. The molecule has 1 atom stereocenters. The molecule has 182 valence electrons. The lowest BCUT2D eigenvalue weighted by Gasteiger charge is -2.23. The molecule has 1 fully saturated rings. The van der Waals surface area contributed by atoms with E-state index in [2.05, 4.69) is 20.6 Å². The first-order chi connectivity index (χ1) is 16.4. The van der Waals surface area contributed by atoms with Crippen LogP contribution in [0.1, 0.15) is 6.42 Å². The quantitative estimate of drug-likeness (QED) is 0.495. The van der Waals surface area contributed by atoms with Crippen LogP contribution in [0, 0.1) is 11.6 Å². The molecule has 3 aromatic rings. The van der Waals surface area contributed by atoms with E-state index >= 15 is 8.78 Å². The zero-order valence-electron chi connectivity index (χ0n) is 19.7. The van der Waals surface area contributed by atoms with E-state index in [0.717, 1.165) is 11.8 Å². The van der Waals surface area contributed by atoms with Crippen LogP contribution in [0.3, 0.4) is 0 Å². The Kier molecular flexibility index (Phi) is 7.28. The summed E-state index contributed by atoms with van der Waals surface area (Å²) < 4.78 is 46.0. The molecular weight excluding hydrogens is 444 g/mol. The normalized spacial score (nSPS) is 15.7. The Morgan fingerprint density at radius 2 is 1.88 bits per heavy atom. The second-order valence-corrected chi connectivity index (χ2v) is 8.30. The first-order valence-corrected chi connectivity index (χ1v) is 11.0. The fourth-order valence-corrected chi connectivity index (χ4v) is 3.78. The lowest BCUT2D eigenvalue weighted by atomic mass is 10.1. The number of aromatic nitrogens is 2. The smallest absolute Gasteiger partial charge is 0.175 e. The Bertz CT molecular complexity index is 1140. The van der Waals surface area contributed by atoms with Gasteiger partial charge in [0.15, 0.2) is 23.1 Å². The van der Waals surface area contributed by atoms with Gasteiger partial charge in [-0.2, -0.15) is 0 Å². The Morgan fingerprint density at radius 3 is 2.50 bits per heavy atom. The predicted molar refractivity (Wildman–Crippen MR) is 127 cm³/mol. The zero-order valence-corrected chi connectivity index (χ0v) is 19.7. The summed E-state index contributed by atoms with van der Waals surface area (Å²) in [6, 6.07) is 4.80. The largest absolute Gasteiger partial charge is 0.494 e. The molecule has 10 heteroatoms. The molecule has 8 nitrogen and oxygen atoms in total. The monoisotopic (exact) mass is 472 g/mol. The lowest BCUT2D eigenvalue weighted by Crippen LogP contribution is -2.19. The number of hydrogen-bond donors (Lipinski definition) is 1. The number of fused-ring (bicyclic) bond motifs is 1. The number of methoxy groups -OCH3 is 2. The van der Waals surface area contributed by atoms with Crippen LogP contribution < -0.4 is 14.8 Å². The van der Waals surface area contributed by atoms with Gasteiger partial charge in [0.1, 0.15) is 5.82 Å². The molecule has 0 saturated carbocycles. The maximum atomic E-state index is 15.2. The molecule has 1 aliphatic heterocycles. The molecule has 2 aromatic heterocycles. The van der Waals surface area contributed by atoms with Crippen LogP contribution in [0.5, 0.6) is 11.5 Å². The maximum absolute atomic E-state index is 15.2. The van der Waals surface area contributed by atoms with Gasteiger partial charge < -0.3 is 34.7 Å². The van der Waals surface area contributed by atoms with E-state index in [1.165, 1.54) is 20.3 Å². The Balaban J connectivity index is 1.82. The molecule has 0 radical (unpaired) electrons. The molecular formula is C24H28F2N5O3-. The van der Waals surface area contributed by atoms with Crippen molar-refractivity contribution < 1.29 is 23.0 Å². The van der Waals surface area contributed by atoms with Crippen molar-refractivity contribution in [1.82, 2.24) is 14.9 Å². The van der Waals surface area contributed by atoms with Crippen molar-refractivity contribution in [3.63, 3.8) is 0 Å². The van der Waals surface area contributed by atoms with E-state index in [9.17, 15) is 0 Å². The third-order valence-electron chi connectivity index (χ3n) is 5.61. The van der Waals surface area contributed by atoms with Crippen LogP contribution in [0.15, 0.2) is 24.4 Å². The zero-order chi connectivity index (χ0) is 24.2. The average Bonchev–Trinajstić information content (AvgIpc) is 3.32. The number of pyridine rings is 2. The van der Waals surface area contributed by atoms with Gasteiger partial charge in [-0.1, -0.05) is 5.82 Å². The topological polar surface area (TPSA) is 82.8 Å². The van der Waals surface area contributed by atoms with Crippen molar-refractivity contribution in [3.8, 4) is 22.8 Å². The number of rotatable bonds is 9. The standard InChI is InChI=1S/C24H28F2N5O3/c1-31(2)7-6-27-24-16-10-20(29-15-5-8-34-13-15)28-12-14(16)9-17(30-24)21-22(25)18(32-3)11-19(33-4)23(21)26/h9-12,15H,5-8,13H2,1-4H3,(H-,27,28,29,30)/q-1. The molecule has 0 aliphatic carbocycles. The molecule has 1 aromatic carbocycles. The Hall–Kier alpha value is -3.24. The summed E-state index contributed by atoms with van der Waals surface area (Å²) in [7, 11) is 6.51. The highest BCUT2D eigenvalue weighted by atomic mass is 19.1. The van der Waals surface area contributed by atoms with Gasteiger partial charge in [-0.3, -0.25) is 0 Å². The summed E-state index contributed by atoms with van der Waals surface area (Å²) in [5, 5.41) is 9.39.